The zero-order valence-electron chi connectivity index (χ0n) is 9.20. The van der Waals surface area contributed by atoms with Crippen molar-refractivity contribution in [3.63, 3.8) is 0 Å². The number of aryl methyl sites for hydroxylation is 1. The first kappa shape index (κ1) is 11.3. The highest BCUT2D eigenvalue weighted by molar-refractivity contribution is 5.82. The summed E-state index contributed by atoms with van der Waals surface area (Å²) < 4.78 is 4.58. The third-order valence-electron chi connectivity index (χ3n) is 2.44. The zero-order chi connectivity index (χ0) is 11.5. The van der Waals surface area contributed by atoms with Crippen LogP contribution in [-0.4, -0.2) is 5.97 Å². The van der Waals surface area contributed by atoms with Crippen LogP contribution in [0.4, 0.5) is 0 Å². The first-order chi connectivity index (χ1) is 6.98. The monoisotopic (exact) mass is 202 g/mol. The van der Waals surface area contributed by atoms with Crippen LogP contribution in [0.15, 0.2) is 24.3 Å². The zero-order valence-corrected chi connectivity index (χ0v) is 9.20. The van der Waals surface area contributed by atoms with Crippen LogP contribution in [0.2, 0.25) is 0 Å². The van der Waals surface area contributed by atoms with Crippen molar-refractivity contribution >= 4 is 5.97 Å². The fraction of sp³-hybridized carbons (Fsp3) is 0.308. The predicted octanol–water partition coefficient (Wildman–Crippen LogP) is 2.41. The lowest BCUT2D eigenvalue weighted by atomic mass is 9.84. The molecule has 2 nitrogen and oxygen atoms in total. The second-order valence-electron chi connectivity index (χ2n) is 4.00. The van der Waals surface area contributed by atoms with E-state index in [1.807, 2.05) is 37.3 Å². The lowest BCUT2D eigenvalue weighted by Crippen LogP contribution is -2.29. The van der Waals surface area contributed by atoms with E-state index in [-0.39, 0.29) is 0 Å². The molecular formula is C13H14O2. The van der Waals surface area contributed by atoms with Crippen LogP contribution in [0, 0.1) is 19.5 Å². The molecular weight excluding hydrogens is 188 g/mol. The molecule has 78 valence electrons. The van der Waals surface area contributed by atoms with Gasteiger partial charge in [-0.2, -0.15) is 0 Å². The Labute approximate surface area is 90.3 Å². The van der Waals surface area contributed by atoms with Gasteiger partial charge in [0.1, 0.15) is 6.11 Å². The maximum absolute atomic E-state index is 11.6. The molecule has 0 radical (unpaired) electrons. The average Bonchev–Trinajstić information content (AvgIpc) is 2.18. The Balaban J connectivity index is 3.01. The fourth-order valence-corrected chi connectivity index (χ4v) is 1.27. The second-order valence-corrected chi connectivity index (χ2v) is 4.00. The lowest BCUT2D eigenvalue weighted by Gasteiger charge is -2.21. The van der Waals surface area contributed by atoms with E-state index >= 15 is 0 Å². The van der Waals surface area contributed by atoms with Gasteiger partial charge in [-0.05, 0) is 26.3 Å². The minimum absolute atomic E-state index is 0.408. The van der Waals surface area contributed by atoms with E-state index in [0.29, 0.717) is 0 Å². The van der Waals surface area contributed by atoms with Gasteiger partial charge in [0.2, 0.25) is 0 Å². The van der Waals surface area contributed by atoms with E-state index in [4.69, 9.17) is 6.42 Å². The highest BCUT2D eigenvalue weighted by Crippen LogP contribution is 2.24. The maximum atomic E-state index is 11.6. The lowest BCUT2D eigenvalue weighted by molar-refractivity contribution is -0.142. The van der Waals surface area contributed by atoms with E-state index < -0.39 is 11.4 Å². The molecule has 2 heteroatoms. The van der Waals surface area contributed by atoms with Gasteiger partial charge in [0.25, 0.3) is 0 Å². The number of carbonyl (C=O) groups excluding carboxylic acids is 1. The third kappa shape index (κ3) is 2.38. The smallest absolute Gasteiger partial charge is 0.329 e. The van der Waals surface area contributed by atoms with Crippen molar-refractivity contribution in [2.45, 2.75) is 26.2 Å². The van der Waals surface area contributed by atoms with Crippen molar-refractivity contribution < 1.29 is 9.53 Å². The number of hydrogen-bond acceptors (Lipinski definition) is 2. The normalized spacial score (nSPS) is 10.5. The van der Waals surface area contributed by atoms with Gasteiger partial charge in [0.05, 0.1) is 5.41 Å². The molecule has 0 N–H and O–H groups in total. The number of benzene rings is 1. The van der Waals surface area contributed by atoms with E-state index in [0.717, 1.165) is 11.1 Å². The van der Waals surface area contributed by atoms with Gasteiger partial charge in [0.15, 0.2) is 0 Å². The molecule has 0 unspecified atom stereocenters. The Morgan fingerprint density at radius 2 is 1.87 bits per heavy atom. The number of terminal acetylenes is 1. The molecule has 0 aliphatic heterocycles. The highest BCUT2D eigenvalue weighted by atomic mass is 16.5. The van der Waals surface area contributed by atoms with E-state index in [2.05, 4.69) is 4.74 Å². The molecule has 0 aliphatic rings. The Morgan fingerprint density at radius 3 is 2.33 bits per heavy atom. The van der Waals surface area contributed by atoms with Crippen LogP contribution in [0.3, 0.4) is 0 Å². The van der Waals surface area contributed by atoms with Crippen molar-refractivity contribution in [1.82, 2.24) is 0 Å². The molecule has 0 aromatic heterocycles. The topological polar surface area (TPSA) is 26.3 Å². The predicted molar refractivity (Wildman–Crippen MR) is 59.1 cm³/mol. The number of rotatable bonds is 2. The summed E-state index contributed by atoms with van der Waals surface area (Å²) in [6.07, 6.45) is 6.84. The number of ether oxygens (including phenoxy) is 1. The van der Waals surface area contributed by atoms with Gasteiger partial charge in [-0.25, -0.2) is 4.79 Å². The summed E-state index contributed by atoms with van der Waals surface area (Å²) in [6.45, 7) is 5.57. The minimum atomic E-state index is -0.708. The molecule has 1 aromatic rings. The van der Waals surface area contributed by atoms with E-state index in [1.54, 1.807) is 13.8 Å². The summed E-state index contributed by atoms with van der Waals surface area (Å²) in [5.74, 6) is -0.408. The molecule has 0 amide bonds. The summed E-state index contributed by atoms with van der Waals surface area (Å²) >= 11 is 0. The van der Waals surface area contributed by atoms with Crippen molar-refractivity contribution in [2.24, 2.45) is 0 Å². The molecule has 0 spiro atoms. The quantitative estimate of drug-likeness (QED) is 0.543. The molecule has 0 saturated heterocycles. The Kier molecular flexibility index (Phi) is 3.16. The number of hydrogen-bond donors (Lipinski definition) is 0. The Morgan fingerprint density at radius 1 is 1.33 bits per heavy atom. The number of carbonyl (C=O) groups is 1. The van der Waals surface area contributed by atoms with Crippen LogP contribution in [0.5, 0.6) is 0 Å². The van der Waals surface area contributed by atoms with Gasteiger partial charge in [-0.1, -0.05) is 36.3 Å². The molecule has 0 aliphatic carbocycles. The Hall–Kier alpha value is -1.75. The summed E-state index contributed by atoms with van der Waals surface area (Å²) in [5.41, 5.74) is 1.34. The average molecular weight is 202 g/mol. The first-order valence-corrected chi connectivity index (χ1v) is 4.72. The summed E-state index contributed by atoms with van der Waals surface area (Å²) in [7, 11) is 0. The van der Waals surface area contributed by atoms with Gasteiger partial charge < -0.3 is 4.74 Å². The molecule has 1 rings (SSSR count). The van der Waals surface area contributed by atoms with Crippen LogP contribution >= 0.6 is 0 Å². The standard InChI is InChI=1S/C13H14O2/c1-5-15-12(14)13(3,4)11-8-6-10(2)7-9-11/h1,6-9H,2-4H3. The number of esters is 1. The summed E-state index contributed by atoms with van der Waals surface area (Å²) in [5, 5.41) is 0. The molecule has 1 aromatic carbocycles. The van der Waals surface area contributed by atoms with E-state index in [1.165, 1.54) is 0 Å². The largest absolute Gasteiger partial charge is 0.372 e. The van der Waals surface area contributed by atoms with Gasteiger partial charge >= 0.3 is 5.97 Å². The first-order valence-electron chi connectivity index (χ1n) is 4.72. The Bertz CT molecular complexity index is 394. The molecule has 0 saturated carbocycles. The van der Waals surface area contributed by atoms with Crippen molar-refractivity contribution in [3.8, 4) is 12.5 Å². The molecule has 0 fully saturated rings. The third-order valence-corrected chi connectivity index (χ3v) is 2.44. The van der Waals surface area contributed by atoms with Crippen LogP contribution in [-0.2, 0) is 14.9 Å². The maximum Gasteiger partial charge on any atom is 0.329 e. The SMILES string of the molecule is C#COC(=O)C(C)(C)c1ccc(C)cc1. The van der Waals surface area contributed by atoms with Crippen LogP contribution < -0.4 is 0 Å². The summed E-state index contributed by atoms with van der Waals surface area (Å²) in [4.78, 5) is 11.6. The van der Waals surface area contributed by atoms with Crippen LogP contribution in [0.25, 0.3) is 0 Å². The molecule has 0 atom stereocenters. The summed E-state index contributed by atoms with van der Waals surface area (Å²) in [6, 6.07) is 7.74. The van der Waals surface area contributed by atoms with Gasteiger partial charge in [0, 0.05) is 0 Å². The van der Waals surface area contributed by atoms with Gasteiger partial charge in [-0.3, -0.25) is 0 Å². The second kappa shape index (κ2) is 4.18. The minimum Gasteiger partial charge on any atom is -0.372 e. The molecule has 15 heavy (non-hydrogen) atoms. The van der Waals surface area contributed by atoms with Crippen molar-refractivity contribution in [1.29, 1.82) is 0 Å². The van der Waals surface area contributed by atoms with Crippen molar-refractivity contribution in [3.05, 3.63) is 35.4 Å². The van der Waals surface area contributed by atoms with Crippen molar-refractivity contribution in [2.75, 3.05) is 0 Å². The van der Waals surface area contributed by atoms with Crippen LogP contribution in [0.1, 0.15) is 25.0 Å². The molecule has 0 heterocycles. The molecule has 0 bridgehead atoms. The van der Waals surface area contributed by atoms with E-state index in [9.17, 15) is 4.79 Å². The fourth-order valence-electron chi connectivity index (χ4n) is 1.27. The highest BCUT2D eigenvalue weighted by Gasteiger charge is 2.31. The van der Waals surface area contributed by atoms with Gasteiger partial charge in [-0.15, -0.1) is 0 Å².